The van der Waals surface area contributed by atoms with Crippen LogP contribution in [0.4, 0.5) is 0 Å². The van der Waals surface area contributed by atoms with Crippen LogP contribution >= 0.6 is 11.8 Å². The molecule has 2 heterocycles. The minimum Gasteiger partial charge on any atom is -0.460 e. The molecule has 0 unspecified atom stereocenters. The largest absolute Gasteiger partial charge is 0.460 e. The highest BCUT2D eigenvalue weighted by atomic mass is 32.2. The summed E-state index contributed by atoms with van der Waals surface area (Å²) in [6, 6.07) is 3.41. The van der Waals surface area contributed by atoms with E-state index < -0.39 is 5.60 Å². The molecule has 23 heavy (non-hydrogen) atoms. The first-order valence-electron chi connectivity index (χ1n) is 7.10. The summed E-state index contributed by atoms with van der Waals surface area (Å²) in [6.07, 6.45) is 1.75. The molecule has 0 aliphatic rings. The van der Waals surface area contributed by atoms with Gasteiger partial charge >= 0.3 is 5.97 Å². The van der Waals surface area contributed by atoms with Gasteiger partial charge in [-0.25, -0.2) is 9.50 Å². The van der Waals surface area contributed by atoms with E-state index in [-0.39, 0.29) is 11.5 Å². The number of nitriles is 1. The zero-order valence-electron chi connectivity index (χ0n) is 13.3. The lowest BCUT2D eigenvalue weighted by atomic mass is 10.2. The molecule has 0 radical (unpaired) electrons. The standard InChI is InChI=1S/C15H18N4O3S/c1-15(2,3)22-13(21)4-5-23-9-11-6-12(20)19-14(18-11)10(7-16)8-17-19/h6,8,17H,4-5,9H2,1-3H3. The summed E-state index contributed by atoms with van der Waals surface area (Å²) >= 11 is 1.49. The van der Waals surface area contributed by atoms with Gasteiger partial charge in [-0.3, -0.25) is 14.7 Å². The van der Waals surface area contributed by atoms with Crippen molar-refractivity contribution in [3.05, 3.63) is 33.9 Å². The van der Waals surface area contributed by atoms with Gasteiger partial charge in [-0.05, 0) is 20.8 Å². The molecule has 8 heteroatoms. The lowest BCUT2D eigenvalue weighted by Crippen LogP contribution is -2.24. The van der Waals surface area contributed by atoms with Gasteiger partial charge in [-0.2, -0.15) is 17.0 Å². The van der Waals surface area contributed by atoms with Gasteiger partial charge in [0.15, 0.2) is 5.65 Å². The first-order valence-corrected chi connectivity index (χ1v) is 8.25. The van der Waals surface area contributed by atoms with Gasteiger partial charge < -0.3 is 4.74 Å². The zero-order valence-corrected chi connectivity index (χ0v) is 14.1. The number of esters is 1. The maximum absolute atomic E-state index is 11.9. The van der Waals surface area contributed by atoms with E-state index in [4.69, 9.17) is 10.00 Å². The van der Waals surface area contributed by atoms with Crippen LogP contribution < -0.4 is 5.56 Å². The number of carbonyl (C=O) groups is 1. The number of nitrogens with zero attached hydrogens (tertiary/aromatic N) is 3. The summed E-state index contributed by atoms with van der Waals surface area (Å²) in [5, 5.41) is 11.7. The van der Waals surface area contributed by atoms with Crippen molar-refractivity contribution in [2.24, 2.45) is 0 Å². The highest BCUT2D eigenvalue weighted by Crippen LogP contribution is 2.14. The fraction of sp³-hybridized carbons (Fsp3) is 0.467. The van der Waals surface area contributed by atoms with Crippen molar-refractivity contribution >= 4 is 23.4 Å². The minimum absolute atomic E-state index is 0.245. The first-order chi connectivity index (χ1) is 10.8. The van der Waals surface area contributed by atoms with Crippen LogP contribution in [0, 0.1) is 11.3 Å². The van der Waals surface area contributed by atoms with Crippen molar-refractivity contribution in [3.8, 4) is 6.07 Å². The molecule has 2 rings (SSSR count). The van der Waals surface area contributed by atoms with Crippen LogP contribution in [0.25, 0.3) is 5.65 Å². The van der Waals surface area contributed by atoms with Crippen molar-refractivity contribution in [1.82, 2.24) is 14.6 Å². The van der Waals surface area contributed by atoms with Crippen molar-refractivity contribution in [1.29, 1.82) is 5.26 Å². The van der Waals surface area contributed by atoms with Crippen molar-refractivity contribution < 1.29 is 9.53 Å². The van der Waals surface area contributed by atoms with Gasteiger partial charge in [0.1, 0.15) is 17.2 Å². The molecule has 0 aromatic carbocycles. The third-order valence-corrected chi connectivity index (χ3v) is 3.78. The molecule has 0 spiro atoms. The Kier molecular flexibility index (Phi) is 5.11. The third kappa shape index (κ3) is 4.60. The highest BCUT2D eigenvalue weighted by Gasteiger charge is 2.16. The Morgan fingerprint density at radius 1 is 1.52 bits per heavy atom. The Bertz CT molecular complexity index is 811. The molecule has 7 nitrogen and oxygen atoms in total. The lowest BCUT2D eigenvalue weighted by molar-refractivity contribution is -0.154. The van der Waals surface area contributed by atoms with E-state index in [1.54, 1.807) is 0 Å². The minimum atomic E-state index is -0.481. The summed E-state index contributed by atoms with van der Waals surface area (Å²) in [4.78, 5) is 27.8. The molecule has 1 N–H and O–H groups in total. The summed E-state index contributed by atoms with van der Waals surface area (Å²) in [5.74, 6) is 0.824. The van der Waals surface area contributed by atoms with Gasteiger partial charge in [0.05, 0.1) is 12.1 Å². The fourth-order valence-corrected chi connectivity index (χ4v) is 2.72. The average Bonchev–Trinajstić information content (AvgIpc) is 2.85. The SMILES string of the molecule is CC(C)(C)OC(=O)CCSCc1cc(=O)n2[nH]cc(C#N)c2n1. The summed E-state index contributed by atoms with van der Waals surface area (Å²) in [6.45, 7) is 5.48. The molecular formula is C15H18N4O3S. The van der Waals surface area contributed by atoms with Gasteiger partial charge in [-0.15, -0.1) is 0 Å². The van der Waals surface area contributed by atoms with Crippen LogP contribution in [0.15, 0.2) is 17.1 Å². The molecule has 0 bridgehead atoms. The predicted octanol–water partition coefficient (Wildman–Crippen LogP) is 1.86. The van der Waals surface area contributed by atoms with Gasteiger partial charge in [-0.1, -0.05) is 0 Å². The molecule has 0 fully saturated rings. The van der Waals surface area contributed by atoms with Crippen molar-refractivity contribution in [2.45, 2.75) is 38.5 Å². The third-order valence-electron chi connectivity index (χ3n) is 2.79. The topological polar surface area (TPSA) is 100 Å². The number of H-pyrrole nitrogens is 1. The maximum Gasteiger partial charge on any atom is 0.307 e. The summed E-state index contributed by atoms with van der Waals surface area (Å²) in [7, 11) is 0. The molecule has 0 atom stereocenters. The van der Waals surface area contributed by atoms with Crippen LogP contribution in [0.1, 0.15) is 38.4 Å². The van der Waals surface area contributed by atoms with E-state index in [2.05, 4.69) is 10.1 Å². The normalized spacial score (nSPS) is 11.4. The molecule has 122 valence electrons. The molecule has 2 aromatic heterocycles. The number of rotatable bonds is 5. The Balaban J connectivity index is 1.94. The molecule has 0 saturated heterocycles. The summed E-state index contributed by atoms with van der Waals surface area (Å²) < 4.78 is 6.45. The first kappa shape index (κ1) is 17.1. The molecule has 0 aliphatic heterocycles. The number of carbonyl (C=O) groups excluding carboxylic acids is 1. The smallest absolute Gasteiger partial charge is 0.307 e. The number of fused-ring (bicyclic) bond motifs is 1. The molecule has 0 aliphatic carbocycles. The van der Waals surface area contributed by atoms with Crippen molar-refractivity contribution in [3.63, 3.8) is 0 Å². The van der Waals surface area contributed by atoms with E-state index in [1.807, 2.05) is 26.8 Å². The fourth-order valence-electron chi connectivity index (χ4n) is 1.91. The number of hydrogen-bond donors (Lipinski definition) is 1. The van der Waals surface area contributed by atoms with Crippen LogP contribution in [0.2, 0.25) is 0 Å². The number of aromatic nitrogens is 3. The van der Waals surface area contributed by atoms with E-state index in [0.29, 0.717) is 34.8 Å². The Hall–Kier alpha value is -2.27. The molecule has 0 amide bonds. The van der Waals surface area contributed by atoms with Crippen LogP contribution in [0.3, 0.4) is 0 Å². The second kappa shape index (κ2) is 6.87. The Labute approximate surface area is 137 Å². The van der Waals surface area contributed by atoms with E-state index in [1.165, 1.54) is 28.5 Å². The summed E-state index contributed by atoms with van der Waals surface area (Å²) in [5.41, 5.74) is 0.482. The van der Waals surface area contributed by atoms with E-state index in [9.17, 15) is 9.59 Å². The maximum atomic E-state index is 11.9. The number of ether oxygens (including phenoxy) is 1. The number of aromatic amines is 1. The highest BCUT2D eigenvalue weighted by molar-refractivity contribution is 7.98. The average molecular weight is 334 g/mol. The number of thioether (sulfide) groups is 1. The van der Waals surface area contributed by atoms with Gasteiger partial charge in [0.25, 0.3) is 5.56 Å². The second-order valence-electron chi connectivity index (χ2n) is 5.93. The number of hydrogen-bond acceptors (Lipinski definition) is 6. The molecule has 0 saturated carbocycles. The Morgan fingerprint density at radius 3 is 2.91 bits per heavy atom. The molecule has 2 aromatic rings. The monoisotopic (exact) mass is 334 g/mol. The Morgan fingerprint density at radius 2 is 2.26 bits per heavy atom. The van der Waals surface area contributed by atoms with Gasteiger partial charge in [0.2, 0.25) is 0 Å². The quantitative estimate of drug-likeness (QED) is 0.661. The predicted molar refractivity (Wildman–Crippen MR) is 87.2 cm³/mol. The van der Waals surface area contributed by atoms with Crippen molar-refractivity contribution in [2.75, 3.05) is 5.75 Å². The van der Waals surface area contributed by atoms with Crippen LogP contribution in [-0.2, 0) is 15.3 Å². The second-order valence-corrected chi connectivity index (χ2v) is 7.04. The number of nitrogens with one attached hydrogen (secondary N) is 1. The van der Waals surface area contributed by atoms with Crippen LogP contribution in [-0.4, -0.2) is 31.9 Å². The zero-order chi connectivity index (χ0) is 17.0. The van der Waals surface area contributed by atoms with E-state index in [0.717, 1.165) is 0 Å². The lowest BCUT2D eigenvalue weighted by Gasteiger charge is -2.19. The van der Waals surface area contributed by atoms with Gasteiger partial charge in [0, 0.05) is 23.8 Å². The van der Waals surface area contributed by atoms with E-state index >= 15 is 0 Å². The van der Waals surface area contributed by atoms with Crippen LogP contribution in [0.5, 0.6) is 0 Å². The molecular weight excluding hydrogens is 316 g/mol.